The average Bonchev–Trinajstić information content (AvgIpc) is 2.28. The molecular weight excluding hydrogens is 180 g/mol. The van der Waals surface area contributed by atoms with Crippen LogP contribution in [0, 0.1) is 25.7 Å². The first-order valence-corrected chi connectivity index (χ1v) is 5.05. The predicted molar refractivity (Wildman–Crippen MR) is 65.5 cm³/mol. The van der Waals surface area contributed by atoms with Gasteiger partial charge in [-0.25, -0.2) is 0 Å². The van der Waals surface area contributed by atoms with Crippen LogP contribution < -0.4 is 0 Å². The minimum absolute atomic E-state index is 0.788. The van der Waals surface area contributed by atoms with Crippen molar-refractivity contribution in [3.8, 4) is 11.8 Å². The number of hydrogen-bond acceptors (Lipinski definition) is 0. The van der Waals surface area contributed by atoms with E-state index < -0.39 is 0 Å². The lowest BCUT2D eigenvalue weighted by atomic mass is 9.98. The minimum Gasteiger partial charge on any atom is -0.102 e. The first-order valence-electron chi connectivity index (χ1n) is 5.05. The third kappa shape index (κ3) is 1.87. The molecule has 0 N–H and O–H groups in total. The maximum absolute atomic E-state index is 3.55. The van der Waals surface area contributed by atoms with Crippen molar-refractivity contribution in [1.29, 1.82) is 0 Å². The highest BCUT2D eigenvalue weighted by molar-refractivity contribution is 5.87. The summed E-state index contributed by atoms with van der Waals surface area (Å²) in [4.78, 5) is 0. The van der Waals surface area contributed by atoms with Crippen molar-refractivity contribution in [2.24, 2.45) is 0 Å². The van der Waals surface area contributed by atoms with Gasteiger partial charge in [-0.05, 0) is 28.8 Å². The van der Waals surface area contributed by atoms with E-state index in [2.05, 4.69) is 62.1 Å². The van der Waals surface area contributed by atoms with Crippen LogP contribution in [0.5, 0.6) is 0 Å². The fraction of sp³-hybridized carbons (Fsp3) is 0.133. The van der Waals surface area contributed by atoms with Gasteiger partial charge in [-0.3, -0.25) is 0 Å². The van der Waals surface area contributed by atoms with E-state index in [4.69, 9.17) is 0 Å². The third-order valence-corrected chi connectivity index (χ3v) is 2.66. The number of hydrogen-bond donors (Lipinski definition) is 0. The van der Waals surface area contributed by atoms with Crippen LogP contribution in [0.3, 0.4) is 0 Å². The van der Waals surface area contributed by atoms with E-state index in [1.165, 1.54) is 21.9 Å². The zero-order valence-corrected chi connectivity index (χ0v) is 8.88. The standard InChI is InChI=1S/C15H13/c1-3-4-8-14-12(2)10-11-13-7-5-6-9-15(13)14/h5-7,9-11H,1,8H2,2H3. The van der Waals surface area contributed by atoms with E-state index in [0.717, 1.165) is 6.42 Å². The fourth-order valence-electron chi connectivity index (χ4n) is 1.83. The lowest BCUT2D eigenvalue weighted by Crippen LogP contribution is -1.89. The first-order chi connectivity index (χ1) is 7.33. The summed E-state index contributed by atoms with van der Waals surface area (Å²) in [6.07, 6.45) is 0.788. The van der Waals surface area contributed by atoms with Gasteiger partial charge in [0.25, 0.3) is 0 Å². The van der Waals surface area contributed by atoms with Gasteiger partial charge < -0.3 is 0 Å². The summed E-state index contributed by atoms with van der Waals surface area (Å²) in [5.41, 5.74) is 2.63. The molecule has 0 fully saturated rings. The van der Waals surface area contributed by atoms with Crippen molar-refractivity contribution < 1.29 is 0 Å². The molecule has 0 bridgehead atoms. The van der Waals surface area contributed by atoms with Crippen LogP contribution in [0.15, 0.2) is 36.4 Å². The average molecular weight is 193 g/mol. The molecule has 0 saturated heterocycles. The largest absolute Gasteiger partial charge is 0.102 e. The molecule has 1 radical (unpaired) electrons. The van der Waals surface area contributed by atoms with Gasteiger partial charge in [0.05, 0.1) is 0 Å². The topological polar surface area (TPSA) is 0 Å². The van der Waals surface area contributed by atoms with E-state index in [1.54, 1.807) is 0 Å². The lowest BCUT2D eigenvalue weighted by molar-refractivity contribution is 1.28. The molecule has 2 rings (SSSR count). The predicted octanol–water partition coefficient (Wildman–Crippen LogP) is 3.53. The van der Waals surface area contributed by atoms with Crippen molar-refractivity contribution >= 4 is 10.8 Å². The summed E-state index contributed by atoms with van der Waals surface area (Å²) in [6.45, 7) is 5.68. The van der Waals surface area contributed by atoms with Gasteiger partial charge in [0, 0.05) is 13.3 Å². The van der Waals surface area contributed by atoms with E-state index in [-0.39, 0.29) is 0 Å². The molecule has 0 atom stereocenters. The van der Waals surface area contributed by atoms with Crippen molar-refractivity contribution in [1.82, 2.24) is 0 Å². The number of rotatable bonds is 1. The molecule has 0 saturated carbocycles. The van der Waals surface area contributed by atoms with E-state index >= 15 is 0 Å². The van der Waals surface area contributed by atoms with Gasteiger partial charge in [-0.1, -0.05) is 42.3 Å². The summed E-state index contributed by atoms with van der Waals surface area (Å²) in [6, 6.07) is 12.7. The van der Waals surface area contributed by atoms with Crippen LogP contribution in [0.1, 0.15) is 11.1 Å². The van der Waals surface area contributed by atoms with E-state index in [9.17, 15) is 0 Å². The van der Waals surface area contributed by atoms with Crippen LogP contribution >= 0.6 is 0 Å². The molecule has 2 aromatic rings. The van der Waals surface area contributed by atoms with E-state index in [0.29, 0.717) is 0 Å². The zero-order chi connectivity index (χ0) is 10.7. The Kier molecular flexibility index (Phi) is 2.74. The Labute approximate surface area is 90.9 Å². The molecular formula is C15H13. The Morgan fingerprint density at radius 2 is 1.93 bits per heavy atom. The minimum atomic E-state index is 0.788. The maximum atomic E-state index is 3.55. The van der Waals surface area contributed by atoms with Gasteiger partial charge in [0.1, 0.15) is 0 Å². The summed E-state index contributed by atoms with van der Waals surface area (Å²) in [7, 11) is 0. The molecule has 0 spiro atoms. The molecule has 0 aliphatic carbocycles. The summed E-state index contributed by atoms with van der Waals surface area (Å²) in [5.74, 6) is 5.74. The number of benzene rings is 2. The smallest absolute Gasteiger partial charge is 0.0349 e. The summed E-state index contributed by atoms with van der Waals surface area (Å²) in [5, 5.41) is 2.59. The van der Waals surface area contributed by atoms with Gasteiger partial charge in [0.15, 0.2) is 0 Å². The van der Waals surface area contributed by atoms with Gasteiger partial charge in [-0.2, -0.15) is 0 Å². The SMILES string of the molecule is [CH2]C#CCc1c(C)ccc2ccccc12. The van der Waals surface area contributed by atoms with Crippen molar-refractivity contribution in [2.45, 2.75) is 13.3 Å². The third-order valence-electron chi connectivity index (χ3n) is 2.66. The van der Waals surface area contributed by atoms with E-state index in [1.807, 2.05) is 0 Å². The van der Waals surface area contributed by atoms with Crippen molar-refractivity contribution in [3.05, 3.63) is 54.4 Å². The molecule has 15 heavy (non-hydrogen) atoms. The molecule has 73 valence electrons. The fourth-order valence-corrected chi connectivity index (χ4v) is 1.83. The van der Waals surface area contributed by atoms with Crippen molar-refractivity contribution in [2.75, 3.05) is 0 Å². The highest BCUT2D eigenvalue weighted by atomic mass is 14.1. The van der Waals surface area contributed by atoms with Crippen LogP contribution in [-0.4, -0.2) is 0 Å². The lowest BCUT2D eigenvalue weighted by Gasteiger charge is -2.07. The Hall–Kier alpha value is -1.74. The quantitative estimate of drug-likeness (QED) is 0.608. The Balaban J connectivity index is 2.66. The van der Waals surface area contributed by atoms with Crippen LogP contribution in [0.2, 0.25) is 0 Å². The second kappa shape index (κ2) is 4.19. The second-order valence-electron chi connectivity index (χ2n) is 3.61. The number of fused-ring (bicyclic) bond motifs is 1. The summed E-state index contributed by atoms with van der Waals surface area (Å²) < 4.78 is 0. The zero-order valence-electron chi connectivity index (χ0n) is 8.88. The maximum Gasteiger partial charge on any atom is 0.0349 e. The molecule has 0 unspecified atom stereocenters. The first kappa shape index (κ1) is 9.80. The molecule has 0 aliphatic heterocycles. The molecule has 0 nitrogen and oxygen atoms in total. The second-order valence-corrected chi connectivity index (χ2v) is 3.61. The molecule has 0 aromatic heterocycles. The molecule has 0 heterocycles. The van der Waals surface area contributed by atoms with Crippen LogP contribution in [0.25, 0.3) is 10.8 Å². The van der Waals surface area contributed by atoms with Crippen LogP contribution in [-0.2, 0) is 6.42 Å². The monoisotopic (exact) mass is 193 g/mol. The number of aryl methyl sites for hydroxylation is 1. The van der Waals surface area contributed by atoms with Crippen LogP contribution in [0.4, 0.5) is 0 Å². The van der Waals surface area contributed by atoms with Gasteiger partial charge in [-0.15, -0.1) is 5.92 Å². The molecule has 0 amide bonds. The van der Waals surface area contributed by atoms with Crippen molar-refractivity contribution in [3.63, 3.8) is 0 Å². The molecule has 2 aromatic carbocycles. The molecule has 0 aliphatic rings. The Morgan fingerprint density at radius 1 is 1.13 bits per heavy atom. The normalized spacial score (nSPS) is 9.73. The van der Waals surface area contributed by atoms with Gasteiger partial charge in [0.2, 0.25) is 0 Å². The Morgan fingerprint density at radius 3 is 2.73 bits per heavy atom. The highest BCUT2D eigenvalue weighted by Crippen LogP contribution is 2.22. The summed E-state index contributed by atoms with van der Waals surface area (Å²) >= 11 is 0. The Bertz CT molecular complexity index is 539. The highest BCUT2D eigenvalue weighted by Gasteiger charge is 2.02. The molecule has 0 heteroatoms. The van der Waals surface area contributed by atoms with Gasteiger partial charge >= 0.3 is 0 Å².